The van der Waals surface area contributed by atoms with Crippen molar-refractivity contribution >= 4 is 17.2 Å². The van der Waals surface area contributed by atoms with E-state index in [-0.39, 0.29) is 11.3 Å². The third-order valence-corrected chi connectivity index (χ3v) is 4.66. The Bertz CT molecular complexity index is 427. The van der Waals surface area contributed by atoms with Crippen molar-refractivity contribution in [2.45, 2.75) is 45.6 Å². The summed E-state index contributed by atoms with van der Waals surface area (Å²) in [5.74, 6) is 0.116. The largest absolute Gasteiger partial charge is 0.384 e. The van der Waals surface area contributed by atoms with Crippen LogP contribution in [-0.2, 0) is 22.5 Å². The molecule has 1 N–H and O–H groups in total. The molecule has 1 aliphatic rings. The second-order valence-electron chi connectivity index (χ2n) is 5.23. The summed E-state index contributed by atoms with van der Waals surface area (Å²) < 4.78 is 5.18. The summed E-state index contributed by atoms with van der Waals surface area (Å²) in [4.78, 5) is 16.7. The molecule has 1 aliphatic carbocycles. The third kappa shape index (κ3) is 3.34. The van der Waals surface area contributed by atoms with Crippen molar-refractivity contribution in [3.63, 3.8) is 0 Å². The van der Waals surface area contributed by atoms with Crippen LogP contribution >= 0.6 is 11.3 Å². The fourth-order valence-electron chi connectivity index (χ4n) is 2.43. The number of hydrogen-bond acceptors (Lipinski definition) is 4. The molecule has 0 unspecified atom stereocenters. The first kappa shape index (κ1) is 14.5. The number of amides is 1. The Morgan fingerprint density at radius 1 is 1.58 bits per heavy atom. The number of aromatic nitrogens is 1. The Morgan fingerprint density at radius 2 is 2.37 bits per heavy atom. The van der Waals surface area contributed by atoms with Crippen molar-refractivity contribution in [1.29, 1.82) is 0 Å². The van der Waals surface area contributed by atoms with Gasteiger partial charge in [-0.3, -0.25) is 4.79 Å². The smallest absolute Gasteiger partial charge is 0.228 e. The lowest BCUT2D eigenvalue weighted by Crippen LogP contribution is -2.48. The molecular weight excluding hydrogens is 260 g/mol. The maximum atomic E-state index is 12.2. The van der Waals surface area contributed by atoms with Gasteiger partial charge in [0.15, 0.2) is 0 Å². The Hall–Kier alpha value is -0.940. The number of nitrogens with zero attached hydrogens (tertiary/aromatic N) is 1. The fourth-order valence-corrected chi connectivity index (χ4v) is 3.33. The van der Waals surface area contributed by atoms with Crippen LogP contribution in [0.3, 0.4) is 0 Å². The summed E-state index contributed by atoms with van der Waals surface area (Å²) >= 11 is 1.68. The maximum absolute atomic E-state index is 12.2. The Morgan fingerprint density at radius 3 is 2.95 bits per heavy atom. The number of methoxy groups -OCH3 is 1. The van der Waals surface area contributed by atoms with E-state index in [2.05, 4.69) is 17.2 Å². The first-order valence-corrected chi connectivity index (χ1v) is 7.78. The molecule has 1 amide bonds. The van der Waals surface area contributed by atoms with Crippen LogP contribution in [-0.4, -0.2) is 24.6 Å². The van der Waals surface area contributed by atoms with Crippen LogP contribution in [0, 0.1) is 5.41 Å². The van der Waals surface area contributed by atoms with Gasteiger partial charge >= 0.3 is 0 Å². The minimum atomic E-state index is -0.281. The zero-order chi connectivity index (χ0) is 13.7. The monoisotopic (exact) mass is 282 g/mol. The van der Waals surface area contributed by atoms with Gasteiger partial charge in [0, 0.05) is 12.5 Å². The average Bonchev–Trinajstić information content (AvgIpc) is 2.79. The van der Waals surface area contributed by atoms with Crippen LogP contribution in [0.1, 0.15) is 43.3 Å². The molecule has 4 nitrogen and oxygen atoms in total. The van der Waals surface area contributed by atoms with E-state index in [0.717, 1.165) is 42.8 Å². The van der Waals surface area contributed by atoms with Crippen molar-refractivity contribution < 1.29 is 9.53 Å². The van der Waals surface area contributed by atoms with Crippen LogP contribution in [0.15, 0.2) is 5.38 Å². The van der Waals surface area contributed by atoms with Gasteiger partial charge in [-0.15, -0.1) is 11.3 Å². The molecule has 0 aliphatic heterocycles. The van der Waals surface area contributed by atoms with Crippen LogP contribution in [0.2, 0.25) is 0 Å². The molecule has 0 atom stereocenters. The van der Waals surface area contributed by atoms with E-state index < -0.39 is 0 Å². The van der Waals surface area contributed by atoms with Gasteiger partial charge in [0.2, 0.25) is 5.91 Å². The minimum absolute atomic E-state index is 0.116. The number of thiazole rings is 1. The molecule has 0 radical (unpaired) electrons. The molecule has 5 heteroatoms. The molecule has 0 aromatic carbocycles. The highest BCUT2D eigenvalue weighted by atomic mass is 32.1. The van der Waals surface area contributed by atoms with Crippen molar-refractivity contribution in [1.82, 2.24) is 10.3 Å². The van der Waals surface area contributed by atoms with Gasteiger partial charge < -0.3 is 10.1 Å². The summed E-state index contributed by atoms with van der Waals surface area (Å²) in [5.41, 5.74) is 0.686. The summed E-state index contributed by atoms with van der Waals surface area (Å²) in [7, 11) is 1.66. The second kappa shape index (κ2) is 6.48. The standard InChI is InChI=1S/C14H22N2O2S/c1-3-5-12-16-11(9-19-12)8-15-13(17)14(10-18-2)6-4-7-14/h9H,3-8,10H2,1-2H3,(H,15,17). The van der Waals surface area contributed by atoms with Gasteiger partial charge in [-0.2, -0.15) is 0 Å². The summed E-state index contributed by atoms with van der Waals surface area (Å²) in [6.45, 7) is 3.20. The number of carbonyl (C=O) groups excluding carboxylic acids is 1. The second-order valence-corrected chi connectivity index (χ2v) is 6.17. The molecule has 0 saturated heterocycles. The summed E-state index contributed by atoms with van der Waals surface area (Å²) in [5, 5.41) is 6.20. The quantitative estimate of drug-likeness (QED) is 0.836. The van der Waals surface area contributed by atoms with Crippen molar-refractivity contribution in [2.75, 3.05) is 13.7 Å². The molecule has 1 saturated carbocycles. The normalized spacial score (nSPS) is 16.9. The van der Waals surface area contributed by atoms with E-state index in [1.807, 2.05) is 5.38 Å². The van der Waals surface area contributed by atoms with Crippen molar-refractivity contribution in [3.8, 4) is 0 Å². The van der Waals surface area contributed by atoms with E-state index in [1.165, 1.54) is 0 Å². The Kier molecular flexibility index (Phi) is 4.93. The van der Waals surface area contributed by atoms with Crippen molar-refractivity contribution in [2.24, 2.45) is 5.41 Å². The molecule has 1 aromatic heterocycles. The lowest BCUT2D eigenvalue weighted by Gasteiger charge is -2.39. The van der Waals surface area contributed by atoms with E-state index in [1.54, 1.807) is 18.4 Å². The lowest BCUT2D eigenvalue weighted by atomic mass is 9.68. The van der Waals surface area contributed by atoms with Gasteiger partial charge in [-0.25, -0.2) is 4.98 Å². The molecule has 1 aromatic rings. The predicted octanol–water partition coefficient (Wildman–Crippen LogP) is 2.53. The topological polar surface area (TPSA) is 51.2 Å². The number of aryl methyl sites for hydroxylation is 1. The van der Waals surface area contributed by atoms with Crippen molar-refractivity contribution in [3.05, 3.63) is 16.1 Å². The van der Waals surface area contributed by atoms with Gasteiger partial charge in [-0.05, 0) is 25.7 Å². The lowest BCUT2D eigenvalue weighted by molar-refractivity contribution is -0.140. The highest BCUT2D eigenvalue weighted by molar-refractivity contribution is 7.09. The zero-order valence-electron chi connectivity index (χ0n) is 11.7. The number of carbonyl (C=O) groups is 1. The van der Waals surface area contributed by atoms with Crippen LogP contribution in [0.5, 0.6) is 0 Å². The maximum Gasteiger partial charge on any atom is 0.228 e. The first-order chi connectivity index (χ1) is 9.20. The van der Waals surface area contributed by atoms with Gasteiger partial charge in [0.25, 0.3) is 0 Å². The number of nitrogens with one attached hydrogen (secondary N) is 1. The van der Waals surface area contributed by atoms with Gasteiger partial charge in [0.05, 0.1) is 29.3 Å². The molecule has 106 valence electrons. The SMILES string of the molecule is CCCc1nc(CNC(=O)C2(COC)CCC2)cs1. The fraction of sp³-hybridized carbons (Fsp3) is 0.714. The molecule has 1 fully saturated rings. The molecule has 2 rings (SSSR count). The summed E-state index contributed by atoms with van der Waals surface area (Å²) in [6.07, 6.45) is 5.12. The van der Waals surface area contributed by atoms with Gasteiger partial charge in [-0.1, -0.05) is 13.3 Å². The average molecular weight is 282 g/mol. The predicted molar refractivity (Wildman–Crippen MR) is 76.1 cm³/mol. The first-order valence-electron chi connectivity index (χ1n) is 6.91. The zero-order valence-corrected chi connectivity index (χ0v) is 12.5. The molecule has 19 heavy (non-hydrogen) atoms. The van der Waals surface area contributed by atoms with E-state index in [0.29, 0.717) is 13.2 Å². The molecule has 0 spiro atoms. The van der Waals surface area contributed by atoms with Crippen LogP contribution < -0.4 is 5.32 Å². The van der Waals surface area contributed by atoms with Gasteiger partial charge in [0.1, 0.15) is 0 Å². The highest BCUT2D eigenvalue weighted by Gasteiger charge is 2.43. The molecule has 0 bridgehead atoms. The van der Waals surface area contributed by atoms with E-state index in [4.69, 9.17) is 4.74 Å². The minimum Gasteiger partial charge on any atom is -0.384 e. The van der Waals surface area contributed by atoms with Crippen LogP contribution in [0.25, 0.3) is 0 Å². The molecule has 1 heterocycles. The molecular formula is C14H22N2O2S. The third-order valence-electron chi connectivity index (χ3n) is 3.71. The Balaban J connectivity index is 1.85. The highest BCUT2D eigenvalue weighted by Crippen LogP contribution is 2.41. The number of rotatable bonds is 7. The van der Waals surface area contributed by atoms with Crippen LogP contribution in [0.4, 0.5) is 0 Å². The number of ether oxygens (including phenoxy) is 1. The number of hydrogen-bond donors (Lipinski definition) is 1. The van der Waals surface area contributed by atoms with E-state index in [9.17, 15) is 4.79 Å². The Labute approximate surface area is 118 Å². The summed E-state index contributed by atoms with van der Waals surface area (Å²) in [6, 6.07) is 0. The van der Waals surface area contributed by atoms with E-state index >= 15 is 0 Å².